The van der Waals surface area contributed by atoms with Crippen LogP contribution in [0, 0.1) is 0 Å². The number of thioether (sulfide) groups is 1. The number of aromatic nitrogens is 5. The van der Waals surface area contributed by atoms with Gasteiger partial charge in [0.1, 0.15) is 17.2 Å². The predicted molar refractivity (Wildman–Crippen MR) is 112 cm³/mol. The van der Waals surface area contributed by atoms with Gasteiger partial charge in [-0.2, -0.15) is 0 Å². The van der Waals surface area contributed by atoms with E-state index in [0.29, 0.717) is 12.3 Å². The van der Waals surface area contributed by atoms with Gasteiger partial charge < -0.3 is 9.26 Å². The van der Waals surface area contributed by atoms with Gasteiger partial charge in [0.2, 0.25) is 0 Å². The lowest BCUT2D eigenvalue weighted by molar-refractivity contribution is 0.397. The standard InChI is InChI=1S/C21H19N5O2S/c1-3-12-26-20(16-8-10-22-11-9-16)23-24-21(26)29-14-18-13-19(25-28-18)15-4-6-17(27-2)7-5-15/h3-11,13H,1,12,14H2,2H3. The van der Waals surface area contributed by atoms with E-state index in [0.717, 1.165) is 39.3 Å². The van der Waals surface area contributed by atoms with Gasteiger partial charge in [-0.15, -0.1) is 16.8 Å². The molecule has 4 rings (SSSR count). The van der Waals surface area contributed by atoms with E-state index >= 15 is 0 Å². The average Bonchev–Trinajstić information content (AvgIpc) is 3.40. The molecule has 3 aromatic heterocycles. The molecule has 0 saturated carbocycles. The molecular weight excluding hydrogens is 386 g/mol. The largest absolute Gasteiger partial charge is 0.497 e. The zero-order valence-corrected chi connectivity index (χ0v) is 16.7. The van der Waals surface area contributed by atoms with Crippen LogP contribution in [0.5, 0.6) is 5.75 Å². The van der Waals surface area contributed by atoms with Crippen LogP contribution in [-0.4, -0.2) is 32.0 Å². The Kier molecular flexibility index (Phi) is 5.71. The molecule has 0 saturated heterocycles. The second-order valence-corrected chi connectivity index (χ2v) is 7.08. The second kappa shape index (κ2) is 8.74. The van der Waals surface area contributed by atoms with Gasteiger partial charge in [-0.25, -0.2) is 0 Å². The fourth-order valence-electron chi connectivity index (χ4n) is 2.82. The molecule has 146 valence electrons. The topological polar surface area (TPSA) is 78.9 Å². The Morgan fingerprint density at radius 3 is 2.62 bits per heavy atom. The third-order valence-electron chi connectivity index (χ3n) is 4.26. The van der Waals surface area contributed by atoms with Crippen molar-refractivity contribution in [3.8, 4) is 28.4 Å². The first-order valence-corrected chi connectivity index (χ1v) is 9.94. The normalized spacial score (nSPS) is 10.8. The van der Waals surface area contributed by atoms with Crippen molar-refractivity contribution in [1.29, 1.82) is 0 Å². The number of hydrogen-bond donors (Lipinski definition) is 0. The van der Waals surface area contributed by atoms with Gasteiger partial charge in [0.05, 0.1) is 12.9 Å². The summed E-state index contributed by atoms with van der Waals surface area (Å²) in [6, 6.07) is 13.5. The van der Waals surface area contributed by atoms with Crippen LogP contribution in [0.25, 0.3) is 22.6 Å². The van der Waals surface area contributed by atoms with Crippen molar-refractivity contribution >= 4 is 11.8 Å². The summed E-state index contributed by atoms with van der Waals surface area (Å²) in [5.74, 6) is 2.94. The summed E-state index contributed by atoms with van der Waals surface area (Å²) in [5.41, 5.74) is 2.72. The van der Waals surface area contributed by atoms with Crippen LogP contribution in [0.4, 0.5) is 0 Å². The van der Waals surface area contributed by atoms with Gasteiger partial charge in [0.15, 0.2) is 11.0 Å². The van der Waals surface area contributed by atoms with E-state index in [1.807, 2.05) is 53.1 Å². The summed E-state index contributed by atoms with van der Waals surface area (Å²) in [5, 5.41) is 13.6. The highest BCUT2D eigenvalue weighted by atomic mass is 32.2. The number of rotatable bonds is 8. The lowest BCUT2D eigenvalue weighted by Gasteiger charge is -2.06. The molecule has 0 aliphatic heterocycles. The first-order chi connectivity index (χ1) is 14.3. The van der Waals surface area contributed by atoms with Crippen LogP contribution in [0.2, 0.25) is 0 Å². The number of methoxy groups -OCH3 is 1. The molecule has 0 bridgehead atoms. The zero-order valence-electron chi connectivity index (χ0n) is 15.9. The number of nitrogens with zero attached hydrogens (tertiary/aromatic N) is 5. The summed E-state index contributed by atoms with van der Waals surface area (Å²) in [6.45, 7) is 4.46. The second-order valence-electron chi connectivity index (χ2n) is 6.14. The molecule has 29 heavy (non-hydrogen) atoms. The van der Waals surface area contributed by atoms with Crippen LogP contribution in [-0.2, 0) is 12.3 Å². The van der Waals surface area contributed by atoms with Crippen molar-refractivity contribution in [3.63, 3.8) is 0 Å². The van der Waals surface area contributed by atoms with Crippen LogP contribution in [0.1, 0.15) is 5.76 Å². The Hall–Kier alpha value is -3.39. The third kappa shape index (κ3) is 4.22. The van der Waals surface area contributed by atoms with E-state index in [9.17, 15) is 0 Å². The first kappa shape index (κ1) is 18.9. The van der Waals surface area contributed by atoms with E-state index in [4.69, 9.17) is 9.26 Å². The molecule has 0 N–H and O–H groups in total. The molecule has 0 fully saturated rings. The third-order valence-corrected chi connectivity index (χ3v) is 5.24. The lowest BCUT2D eigenvalue weighted by Crippen LogP contribution is -2.00. The zero-order chi connectivity index (χ0) is 20.1. The number of allylic oxidation sites excluding steroid dienone is 1. The van der Waals surface area contributed by atoms with Crippen LogP contribution in [0.3, 0.4) is 0 Å². The quantitative estimate of drug-likeness (QED) is 0.316. The van der Waals surface area contributed by atoms with Crippen LogP contribution in [0.15, 0.2) is 77.2 Å². The molecule has 3 heterocycles. The Morgan fingerprint density at radius 2 is 1.90 bits per heavy atom. The summed E-state index contributed by atoms with van der Waals surface area (Å²) >= 11 is 1.54. The van der Waals surface area contributed by atoms with Crippen molar-refractivity contribution in [2.75, 3.05) is 7.11 Å². The molecule has 0 spiro atoms. The van der Waals surface area contributed by atoms with E-state index in [-0.39, 0.29) is 0 Å². The Labute approximate surface area is 172 Å². The van der Waals surface area contributed by atoms with Crippen LogP contribution >= 0.6 is 11.8 Å². The maximum Gasteiger partial charge on any atom is 0.192 e. The van der Waals surface area contributed by atoms with Crippen molar-refractivity contribution in [2.24, 2.45) is 0 Å². The van der Waals surface area contributed by atoms with Gasteiger partial charge in [0.25, 0.3) is 0 Å². The molecule has 8 heteroatoms. The summed E-state index contributed by atoms with van der Waals surface area (Å²) in [6.07, 6.45) is 5.31. The number of hydrogen-bond acceptors (Lipinski definition) is 7. The highest BCUT2D eigenvalue weighted by Gasteiger charge is 2.15. The van der Waals surface area contributed by atoms with E-state index < -0.39 is 0 Å². The van der Waals surface area contributed by atoms with Gasteiger partial charge in [0, 0.05) is 36.1 Å². The summed E-state index contributed by atoms with van der Waals surface area (Å²) in [7, 11) is 1.64. The van der Waals surface area contributed by atoms with E-state index in [1.54, 1.807) is 31.3 Å². The average molecular weight is 405 g/mol. The molecule has 7 nitrogen and oxygen atoms in total. The highest BCUT2D eigenvalue weighted by Crippen LogP contribution is 2.28. The minimum Gasteiger partial charge on any atom is -0.497 e. The number of pyridine rings is 1. The Balaban J connectivity index is 1.50. The molecule has 0 unspecified atom stereocenters. The lowest BCUT2D eigenvalue weighted by atomic mass is 10.1. The molecule has 4 aromatic rings. The maximum absolute atomic E-state index is 5.50. The fourth-order valence-corrected chi connectivity index (χ4v) is 3.64. The highest BCUT2D eigenvalue weighted by molar-refractivity contribution is 7.98. The molecule has 0 aliphatic rings. The molecule has 1 aromatic carbocycles. The number of ether oxygens (including phenoxy) is 1. The Morgan fingerprint density at radius 1 is 1.10 bits per heavy atom. The fraction of sp³-hybridized carbons (Fsp3) is 0.143. The minimum atomic E-state index is 0.592. The molecule has 0 atom stereocenters. The molecule has 0 amide bonds. The minimum absolute atomic E-state index is 0.592. The van der Waals surface area contributed by atoms with Crippen molar-refractivity contribution in [2.45, 2.75) is 17.5 Å². The predicted octanol–water partition coefficient (Wildman–Crippen LogP) is 4.48. The monoisotopic (exact) mass is 405 g/mol. The van der Waals surface area contributed by atoms with Crippen molar-refractivity contribution in [1.82, 2.24) is 24.9 Å². The first-order valence-electron chi connectivity index (χ1n) is 8.96. The summed E-state index contributed by atoms with van der Waals surface area (Å²) in [4.78, 5) is 4.06. The van der Waals surface area contributed by atoms with Crippen molar-refractivity contribution < 1.29 is 9.26 Å². The molecular formula is C21H19N5O2S. The molecule has 0 radical (unpaired) electrons. The van der Waals surface area contributed by atoms with Gasteiger partial charge in [-0.3, -0.25) is 9.55 Å². The van der Waals surface area contributed by atoms with E-state index in [1.165, 1.54) is 0 Å². The SMILES string of the molecule is C=CCn1c(SCc2cc(-c3ccc(OC)cc3)no2)nnc1-c1ccncc1. The van der Waals surface area contributed by atoms with Gasteiger partial charge in [-0.05, 0) is 36.4 Å². The number of benzene rings is 1. The maximum atomic E-state index is 5.50. The van der Waals surface area contributed by atoms with Gasteiger partial charge >= 0.3 is 0 Å². The van der Waals surface area contributed by atoms with Crippen LogP contribution < -0.4 is 4.74 Å². The van der Waals surface area contributed by atoms with Gasteiger partial charge in [-0.1, -0.05) is 23.0 Å². The Bertz CT molecular complexity index is 1090. The van der Waals surface area contributed by atoms with E-state index in [2.05, 4.69) is 26.9 Å². The van der Waals surface area contributed by atoms with Crippen molar-refractivity contribution in [3.05, 3.63) is 73.3 Å². The molecule has 0 aliphatic carbocycles. The summed E-state index contributed by atoms with van der Waals surface area (Å²) < 4.78 is 12.7. The smallest absolute Gasteiger partial charge is 0.192 e.